The highest BCUT2D eigenvalue weighted by Crippen LogP contribution is 2.28. The van der Waals surface area contributed by atoms with Gasteiger partial charge < -0.3 is 5.32 Å². The molecular formula is C16H15N5O2S3. The number of nitrogens with one attached hydrogen (secondary N) is 2. The van der Waals surface area contributed by atoms with Gasteiger partial charge in [-0.3, -0.25) is 19.8 Å². The molecule has 26 heavy (non-hydrogen) atoms. The summed E-state index contributed by atoms with van der Waals surface area (Å²) in [7, 11) is 0. The second kappa shape index (κ2) is 7.62. The topological polar surface area (TPSA) is 87.2 Å². The van der Waals surface area contributed by atoms with Gasteiger partial charge in [-0.1, -0.05) is 0 Å². The molecule has 0 saturated carbocycles. The van der Waals surface area contributed by atoms with Gasteiger partial charge in [0.05, 0.1) is 17.8 Å². The van der Waals surface area contributed by atoms with Crippen molar-refractivity contribution >= 4 is 56.1 Å². The first kappa shape index (κ1) is 17.3. The van der Waals surface area contributed by atoms with Crippen molar-refractivity contribution in [1.82, 2.24) is 14.9 Å². The quantitative estimate of drug-likeness (QED) is 0.682. The van der Waals surface area contributed by atoms with Gasteiger partial charge >= 0.3 is 0 Å². The Morgan fingerprint density at radius 2 is 2.15 bits per heavy atom. The maximum absolute atomic E-state index is 12.1. The zero-order valence-corrected chi connectivity index (χ0v) is 16.0. The zero-order valence-electron chi connectivity index (χ0n) is 13.6. The maximum Gasteiger partial charge on any atom is 0.258 e. The number of anilines is 2. The number of rotatable bonds is 5. The van der Waals surface area contributed by atoms with Crippen LogP contribution in [0.1, 0.15) is 20.9 Å². The summed E-state index contributed by atoms with van der Waals surface area (Å²) in [4.78, 5) is 36.0. The van der Waals surface area contributed by atoms with E-state index >= 15 is 0 Å². The van der Waals surface area contributed by atoms with Crippen LogP contribution in [-0.2, 0) is 17.8 Å². The van der Waals surface area contributed by atoms with Crippen molar-refractivity contribution in [2.75, 3.05) is 23.7 Å². The highest BCUT2D eigenvalue weighted by molar-refractivity contribution is 7.16. The van der Waals surface area contributed by atoms with Gasteiger partial charge in [-0.15, -0.1) is 22.7 Å². The first-order valence-electron chi connectivity index (χ1n) is 7.91. The summed E-state index contributed by atoms with van der Waals surface area (Å²) >= 11 is 4.36. The number of nitrogens with zero attached hydrogens (tertiary/aromatic N) is 3. The Bertz CT molecular complexity index is 905. The number of carbonyl (C=O) groups excluding carboxylic acids is 2. The molecule has 0 spiro atoms. The molecule has 0 bridgehead atoms. The lowest BCUT2D eigenvalue weighted by molar-refractivity contribution is -0.117. The lowest BCUT2D eigenvalue weighted by atomic mass is 10.2. The molecular weight excluding hydrogens is 390 g/mol. The van der Waals surface area contributed by atoms with Crippen LogP contribution in [0.15, 0.2) is 28.4 Å². The molecule has 4 rings (SSSR count). The van der Waals surface area contributed by atoms with Crippen molar-refractivity contribution in [3.05, 3.63) is 44.5 Å². The molecule has 0 atom stereocenters. The lowest BCUT2D eigenvalue weighted by Gasteiger charge is -2.24. The molecule has 3 aromatic heterocycles. The Labute approximate surface area is 161 Å². The van der Waals surface area contributed by atoms with Crippen LogP contribution in [0, 0.1) is 0 Å². The number of carbonyl (C=O) groups is 2. The van der Waals surface area contributed by atoms with E-state index < -0.39 is 0 Å². The maximum atomic E-state index is 12.1. The van der Waals surface area contributed by atoms with E-state index in [4.69, 9.17) is 0 Å². The van der Waals surface area contributed by atoms with Gasteiger partial charge in [0.2, 0.25) is 5.91 Å². The molecule has 0 radical (unpaired) electrons. The van der Waals surface area contributed by atoms with Crippen LogP contribution in [0.5, 0.6) is 0 Å². The van der Waals surface area contributed by atoms with E-state index in [1.165, 1.54) is 34.0 Å². The van der Waals surface area contributed by atoms with Crippen molar-refractivity contribution in [2.24, 2.45) is 0 Å². The summed E-state index contributed by atoms with van der Waals surface area (Å²) in [5.41, 5.74) is 1.65. The van der Waals surface area contributed by atoms with E-state index in [2.05, 4.69) is 25.5 Å². The summed E-state index contributed by atoms with van der Waals surface area (Å²) in [6, 6.07) is 1.79. The molecule has 4 heterocycles. The van der Waals surface area contributed by atoms with Crippen molar-refractivity contribution in [3.63, 3.8) is 0 Å². The largest absolute Gasteiger partial charge is 0.301 e. The van der Waals surface area contributed by atoms with E-state index in [9.17, 15) is 9.59 Å². The third-order valence-corrected chi connectivity index (χ3v) is 6.23. The van der Waals surface area contributed by atoms with Gasteiger partial charge in [0.1, 0.15) is 0 Å². The minimum Gasteiger partial charge on any atom is -0.301 e. The second-order valence-corrected chi connectivity index (χ2v) is 8.46. The monoisotopic (exact) mass is 405 g/mol. The summed E-state index contributed by atoms with van der Waals surface area (Å²) < 4.78 is 0. The van der Waals surface area contributed by atoms with Gasteiger partial charge in [-0.2, -0.15) is 11.3 Å². The Kier molecular flexibility index (Phi) is 5.07. The first-order chi connectivity index (χ1) is 12.7. The van der Waals surface area contributed by atoms with Gasteiger partial charge in [-0.25, -0.2) is 9.97 Å². The minimum absolute atomic E-state index is 0.0705. The number of aromatic nitrogens is 2. The molecule has 1 aliphatic heterocycles. The summed E-state index contributed by atoms with van der Waals surface area (Å²) in [6.07, 6.45) is 2.43. The van der Waals surface area contributed by atoms with Crippen LogP contribution in [0.25, 0.3) is 0 Å². The first-order valence-corrected chi connectivity index (χ1v) is 10.5. The second-order valence-electron chi connectivity index (χ2n) is 5.70. The summed E-state index contributed by atoms with van der Waals surface area (Å²) in [6.45, 7) is 1.74. The van der Waals surface area contributed by atoms with Crippen LogP contribution in [0.4, 0.5) is 10.3 Å². The third-order valence-electron chi connectivity index (χ3n) is 3.86. The average molecular weight is 406 g/mol. The lowest BCUT2D eigenvalue weighted by Crippen LogP contribution is -2.36. The molecule has 0 unspecified atom stereocenters. The molecule has 0 aliphatic carbocycles. The van der Waals surface area contributed by atoms with Gasteiger partial charge in [0.25, 0.3) is 5.91 Å². The highest BCUT2D eigenvalue weighted by Gasteiger charge is 2.23. The summed E-state index contributed by atoms with van der Waals surface area (Å²) in [5.74, 6) is -0.212. The number of hydrogen-bond donors (Lipinski definition) is 2. The van der Waals surface area contributed by atoms with Crippen LogP contribution in [0.3, 0.4) is 0 Å². The van der Waals surface area contributed by atoms with E-state index in [0.29, 0.717) is 28.9 Å². The number of thiophene rings is 1. The third kappa shape index (κ3) is 3.98. The van der Waals surface area contributed by atoms with Crippen LogP contribution in [-0.4, -0.2) is 39.8 Å². The number of amides is 2. The molecule has 1 aliphatic rings. The Morgan fingerprint density at radius 1 is 1.23 bits per heavy atom. The standard InChI is InChI=1S/C16H15N5O2S3/c22-13(19-15-17-3-6-25-15)8-21-4-1-11-12(7-21)26-16(18-11)20-14(23)10-2-5-24-9-10/h2-3,5-6,9H,1,4,7-8H2,(H,17,19,22)(H,18,20,23). The smallest absolute Gasteiger partial charge is 0.258 e. The fraction of sp³-hybridized carbons (Fsp3) is 0.250. The molecule has 0 fully saturated rings. The minimum atomic E-state index is -0.142. The Hall–Kier alpha value is -2.14. The summed E-state index contributed by atoms with van der Waals surface area (Å²) in [5, 5.41) is 12.4. The molecule has 7 nitrogen and oxygen atoms in total. The van der Waals surface area contributed by atoms with Gasteiger partial charge in [0, 0.05) is 41.3 Å². The van der Waals surface area contributed by atoms with Gasteiger partial charge in [-0.05, 0) is 11.4 Å². The number of fused-ring (bicyclic) bond motifs is 1. The van der Waals surface area contributed by atoms with Crippen molar-refractivity contribution < 1.29 is 9.59 Å². The molecule has 2 N–H and O–H groups in total. The fourth-order valence-corrected chi connectivity index (χ4v) is 4.87. The van der Waals surface area contributed by atoms with E-state index in [1.807, 2.05) is 16.1 Å². The number of thiazole rings is 2. The molecule has 134 valence electrons. The predicted octanol–water partition coefficient (Wildman–Crippen LogP) is 2.91. The van der Waals surface area contributed by atoms with Gasteiger partial charge in [0.15, 0.2) is 10.3 Å². The van der Waals surface area contributed by atoms with E-state index in [1.54, 1.807) is 12.3 Å². The van der Waals surface area contributed by atoms with E-state index in [-0.39, 0.29) is 11.8 Å². The van der Waals surface area contributed by atoms with Crippen molar-refractivity contribution in [1.29, 1.82) is 0 Å². The van der Waals surface area contributed by atoms with E-state index in [0.717, 1.165) is 23.5 Å². The predicted molar refractivity (Wildman–Crippen MR) is 104 cm³/mol. The SMILES string of the molecule is O=C(CN1CCc2nc(NC(=O)c3ccsc3)sc2C1)Nc1nccs1. The van der Waals surface area contributed by atoms with Crippen LogP contribution >= 0.6 is 34.0 Å². The molecule has 10 heteroatoms. The Morgan fingerprint density at radius 3 is 2.92 bits per heavy atom. The highest BCUT2D eigenvalue weighted by atomic mass is 32.1. The fourth-order valence-electron chi connectivity index (χ4n) is 2.65. The van der Waals surface area contributed by atoms with Crippen molar-refractivity contribution in [3.8, 4) is 0 Å². The van der Waals surface area contributed by atoms with Crippen LogP contribution < -0.4 is 10.6 Å². The van der Waals surface area contributed by atoms with Crippen molar-refractivity contribution in [2.45, 2.75) is 13.0 Å². The normalized spacial score (nSPS) is 14.0. The van der Waals surface area contributed by atoms with Crippen LogP contribution in [0.2, 0.25) is 0 Å². The zero-order chi connectivity index (χ0) is 17.9. The number of hydrogen-bond acceptors (Lipinski definition) is 8. The molecule has 2 amide bonds. The average Bonchev–Trinajstić information content (AvgIpc) is 3.35. The molecule has 0 aromatic carbocycles. The molecule has 3 aromatic rings. The Balaban J connectivity index is 1.35. The molecule has 0 saturated heterocycles.